The van der Waals surface area contributed by atoms with E-state index in [4.69, 9.17) is 11.6 Å². The lowest BCUT2D eigenvalue weighted by molar-refractivity contribution is 0.0675. The third kappa shape index (κ3) is 3.67. The Kier molecular flexibility index (Phi) is 6.05. The number of carbonyl (C=O) groups is 1. The Hall–Kier alpha value is -1.16. The molecule has 1 aromatic heterocycles. The number of nitrogens with zero attached hydrogens (tertiary/aromatic N) is 2. The maximum atomic E-state index is 12.8. The number of hydrogen-bond donors (Lipinski definition) is 0. The Morgan fingerprint density at radius 3 is 2.56 bits per heavy atom. The Balaban J connectivity index is 2.91. The number of alkyl halides is 1. The van der Waals surface area contributed by atoms with Crippen molar-refractivity contribution in [3.8, 4) is 0 Å². The minimum atomic E-state index is -0.446. The smallest absolute Gasteiger partial charge is 0.272 e. The number of pyridine rings is 1. The maximum absolute atomic E-state index is 12.8. The lowest BCUT2D eigenvalue weighted by Crippen LogP contribution is -2.41. The average molecular weight is 273 g/mol. The van der Waals surface area contributed by atoms with Gasteiger partial charge < -0.3 is 4.90 Å². The van der Waals surface area contributed by atoms with Crippen LogP contribution in [0.5, 0.6) is 0 Å². The van der Waals surface area contributed by atoms with Crippen LogP contribution in [0.25, 0.3) is 0 Å². The van der Waals surface area contributed by atoms with Gasteiger partial charge in [-0.1, -0.05) is 13.8 Å². The molecule has 3 nitrogen and oxygen atoms in total. The van der Waals surface area contributed by atoms with Crippen molar-refractivity contribution < 1.29 is 9.18 Å². The maximum Gasteiger partial charge on any atom is 0.272 e. The molecule has 1 amide bonds. The van der Waals surface area contributed by atoms with Crippen LogP contribution in [0.2, 0.25) is 0 Å². The zero-order valence-electron chi connectivity index (χ0n) is 10.7. The first-order valence-corrected chi connectivity index (χ1v) is 6.65. The van der Waals surface area contributed by atoms with E-state index in [1.807, 2.05) is 13.8 Å². The number of amides is 1. The van der Waals surface area contributed by atoms with Crippen LogP contribution < -0.4 is 0 Å². The van der Waals surface area contributed by atoms with Crippen LogP contribution in [-0.4, -0.2) is 34.3 Å². The second-order valence-corrected chi connectivity index (χ2v) is 4.40. The van der Waals surface area contributed by atoms with Gasteiger partial charge >= 0.3 is 0 Å². The summed E-state index contributed by atoms with van der Waals surface area (Å²) in [6.45, 7) is 4.54. The topological polar surface area (TPSA) is 33.2 Å². The molecule has 0 saturated carbocycles. The van der Waals surface area contributed by atoms with Gasteiger partial charge in [0, 0.05) is 18.5 Å². The van der Waals surface area contributed by atoms with Crippen molar-refractivity contribution >= 4 is 17.5 Å². The van der Waals surface area contributed by atoms with Gasteiger partial charge in [-0.3, -0.25) is 4.79 Å². The normalized spacial score (nSPS) is 10.7. The molecular weight excluding hydrogens is 255 g/mol. The highest BCUT2D eigenvalue weighted by Crippen LogP contribution is 2.13. The standard InChI is InChI=1S/C13H18ClFN2O/c1-3-11(4-2)17(8-7-14)13(18)12-6-5-10(15)9-16-12/h5-6,9,11H,3-4,7-8H2,1-2H3. The first-order valence-electron chi connectivity index (χ1n) is 6.12. The van der Waals surface area contributed by atoms with Crippen LogP contribution >= 0.6 is 11.6 Å². The number of hydrogen-bond acceptors (Lipinski definition) is 2. The van der Waals surface area contributed by atoms with Gasteiger partial charge in [-0.15, -0.1) is 11.6 Å². The van der Waals surface area contributed by atoms with Gasteiger partial charge in [0.1, 0.15) is 11.5 Å². The molecule has 5 heteroatoms. The molecule has 0 aliphatic heterocycles. The molecule has 18 heavy (non-hydrogen) atoms. The molecule has 0 spiro atoms. The minimum Gasteiger partial charge on any atom is -0.333 e. The molecule has 0 unspecified atom stereocenters. The van der Waals surface area contributed by atoms with E-state index in [2.05, 4.69) is 4.98 Å². The summed E-state index contributed by atoms with van der Waals surface area (Å²) >= 11 is 5.74. The van der Waals surface area contributed by atoms with Crippen LogP contribution in [0.15, 0.2) is 18.3 Å². The van der Waals surface area contributed by atoms with Crippen LogP contribution in [0.3, 0.4) is 0 Å². The van der Waals surface area contributed by atoms with Gasteiger partial charge in [0.15, 0.2) is 0 Å². The minimum absolute atomic E-state index is 0.142. The van der Waals surface area contributed by atoms with Crippen LogP contribution in [0.1, 0.15) is 37.2 Å². The summed E-state index contributed by atoms with van der Waals surface area (Å²) < 4.78 is 12.8. The molecule has 1 heterocycles. The fourth-order valence-corrected chi connectivity index (χ4v) is 2.10. The molecule has 0 saturated heterocycles. The number of halogens is 2. The molecule has 1 rings (SSSR count). The summed E-state index contributed by atoms with van der Waals surface area (Å²) in [4.78, 5) is 17.8. The van der Waals surface area contributed by atoms with Gasteiger partial charge in [-0.05, 0) is 25.0 Å². The fraction of sp³-hybridized carbons (Fsp3) is 0.538. The summed E-state index contributed by atoms with van der Waals surface area (Å²) in [6.07, 6.45) is 2.78. The largest absolute Gasteiger partial charge is 0.333 e. The third-order valence-electron chi connectivity index (χ3n) is 2.92. The van der Waals surface area contributed by atoms with Gasteiger partial charge in [0.25, 0.3) is 5.91 Å². The Morgan fingerprint density at radius 1 is 1.44 bits per heavy atom. The van der Waals surface area contributed by atoms with E-state index >= 15 is 0 Å². The molecule has 0 atom stereocenters. The van der Waals surface area contributed by atoms with E-state index in [-0.39, 0.29) is 17.6 Å². The second kappa shape index (κ2) is 7.31. The number of rotatable bonds is 6. The van der Waals surface area contributed by atoms with Gasteiger partial charge in [0.05, 0.1) is 6.20 Å². The predicted octanol–water partition coefficient (Wildman–Crippen LogP) is 3.09. The van der Waals surface area contributed by atoms with Crippen LogP contribution in [0.4, 0.5) is 4.39 Å². The zero-order valence-corrected chi connectivity index (χ0v) is 11.5. The van der Waals surface area contributed by atoms with Gasteiger partial charge in [0.2, 0.25) is 0 Å². The molecule has 0 fully saturated rings. The first-order chi connectivity index (χ1) is 8.63. The van der Waals surface area contributed by atoms with Crippen molar-refractivity contribution in [3.63, 3.8) is 0 Å². The molecule has 0 N–H and O–H groups in total. The molecular formula is C13H18ClFN2O. The van der Waals surface area contributed by atoms with E-state index in [0.717, 1.165) is 19.0 Å². The Bertz CT molecular complexity index is 379. The summed E-state index contributed by atoms with van der Waals surface area (Å²) in [5, 5.41) is 0. The van der Waals surface area contributed by atoms with Crippen molar-refractivity contribution in [2.24, 2.45) is 0 Å². The SMILES string of the molecule is CCC(CC)N(CCCl)C(=O)c1ccc(F)cn1. The quantitative estimate of drug-likeness (QED) is 0.746. The summed E-state index contributed by atoms with van der Waals surface area (Å²) in [7, 11) is 0. The highest BCUT2D eigenvalue weighted by atomic mass is 35.5. The Morgan fingerprint density at radius 2 is 2.11 bits per heavy atom. The number of carbonyl (C=O) groups excluding carboxylic acids is 1. The van der Waals surface area contributed by atoms with Crippen LogP contribution in [-0.2, 0) is 0 Å². The number of aromatic nitrogens is 1. The highest BCUT2D eigenvalue weighted by Gasteiger charge is 2.22. The molecule has 100 valence electrons. The predicted molar refractivity (Wildman–Crippen MR) is 70.3 cm³/mol. The molecule has 0 radical (unpaired) electrons. The van der Waals surface area contributed by atoms with Crippen molar-refractivity contribution in [1.82, 2.24) is 9.88 Å². The van der Waals surface area contributed by atoms with E-state index in [1.165, 1.54) is 12.1 Å². The van der Waals surface area contributed by atoms with E-state index in [1.54, 1.807) is 4.90 Å². The lowest BCUT2D eigenvalue weighted by atomic mass is 10.1. The van der Waals surface area contributed by atoms with E-state index in [0.29, 0.717) is 12.4 Å². The summed E-state index contributed by atoms with van der Waals surface area (Å²) in [5.74, 6) is -0.258. The highest BCUT2D eigenvalue weighted by molar-refractivity contribution is 6.18. The summed E-state index contributed by atoms with van der Waals surface area (Å²) in [5.41, 5.74) is 0.258. The third-order valence-corrected chi connectivity index (χ3v) is 3.09. The lowest BCUT2D eigenvalue weighted by Gasteiger charge is -2.29. The first kappa shape index (κ1) is 14.9. The van der Waals surface area contributed by atoms with Crippen molar-refractivity contribution in [1.29, 1.82) is 0 Å². The molecule has 0 aliphatic carbocycles. The van der Waals surface area contributed by atoms with E-state index in [9.17, 15) is 9.18 Å². The van der Waals surface area contributed by atoms with Crippen molar-refractivity contribution in [2.75, 3.05) is 12.4 Å². The molecule has 1 aromatic rings. The monoisotopic (exact) mass is 272 g/mol. The van der Waals surface area contributed by atoms with Crippen molar-refractivity contribution in [2.45, 2.75) is 32.7 Å². The average Bonchev–Trinajstić information content (AvgIpc) is 2.39. The van der Waals surface area contributed by atoms with Gasteiger partial charge in [-0.25, -0.2) is 9.37 Å². The Labute approximate surface area is 112 Å². The van der Waals surface area contributed by atoms with Gasteiger partial charge in [-0.2, -0.15) is 0 Å². The molecule has 0 bridgehead atoms. The zero-order chi connectivity index (χ0) is 13.5. The molecule has 0 aliphatic rings. The van der Waals surface area contributed by atoms with Crippen molar-refractivity contribution in [3.05, 3.63) is 29.8 Å². The molecule has 0 aromatic carbocycles. The fourth-order valence-electron chi connectivity index (χ4n) is 1.92. The second-order valence-electron chi connectivity index (χ2n) is 4.02. The summed E-state index contributed by atoms with van der Waals surface area (Å²) in [6, 6.07) is 2.79. The van der Waals surface area contributed by atoms with Crippen LogP contribution in [0, 0.1) is 5.82 Å². The van der Waals surface area contributed by atoms with E-state index < -0.39 is 5.82 Å².